The highest BCUT2D eigenvalue weighted by Crippen LogP contribution is 2.32. The van der Waals surface area contributed by atoms with E-state index in [4.69, 9.17) is 12.2 Å². The van der Waals surface area contributed by atoms with Gasteiger partial charge in [-0.1, -0.05) is 48.5 Å². The average Bonchev–Trinajstić information content (AvgIpc) is 3.26. The number of amides is 1. The number of aromatic nitrogens is 2. The predicted molar refractivity (Wildman–Crippen MR) is 139 cm³/mol. The summed E-state index contributed by atoms with van der Waals surface area (Å²) in [5, 5.41) is 4.59. The zero-order valence-electron chi connectivity index (χ0n) is 18.9. The van der Waals surface area contributed by atoms with Gasteiger partial charge >= 0.3 is 6.36 Å². The first-order valence-corrected chi connectivity index (χ1v) is 11.4. The van der Waals surface area contributed by atoms with E-state index in [0.717, 1.165) is 39.5 Å². The number of nitrogens with zero attached hydrogens (tertiary/aromatic N) is 1. The Kier molecular flexibility index (Phi) is 6.36. The number of hydrogen-bond donors (Lipinski definition) is 4. The molecular formula is C26H18F3N5O2S. The zero-order chi connectivity index (χ0) is 26.0. The van der Waals surface area contributed by atoms with Gasteiger partial charge in [0.25, 0.3) is 5.91 Å². The van der Waals surface area contributed by atoms with E-state index >= 15 is 0 Å². The van der Waals surface area contributed by atoms with E-state index in [-0.39, 0.29) is 16.6 Å². The molecule has 37 heavy (non-hydrogen) atoms. The van der Waals surface area contributed by atoms with Crippen LogP contribution in [0.2, 0.25) is 0 Å². The maximum absolute atomic E-state index is 13.0. The summed E-state index contributed by atoms with van der Waals surface area (Å²) in [6, 6.07) is 24.0. The molecule has 0 aliphatic carbocycles. The summed E-state index contributed by atoms with van der Waals surface area (Å²) in [6.45, 7) is 0. The van der Waals surface area contributed by atoms with Gasteiger partial charge in [-0.25, -0.2) is 4.98 Å². The third kappa shape index (κ3) is 5.46. The number of benzene rings is 3. The van der Waals surface area contributed by atoms with Gasteiger partial charge < -0.3 is 15.0 Å². The van der Waals surface area contributed by atoms with Gasteiger partial charge in [0.05, 0.1) is 11.2 Å². The number of carbonyl (C=O) groups excluding carboxylic acids is 1. The van der Waals surface area contributed by atoms with E-state index in [1.54, 1.807) is 6.07 Å². The van der Waals surface area contributed by atoms with Crippen molar-refractivity contribution in [1.29, 1.82) is 0 Å². The molecule has 0 radical (unpaired) electrons. The average molecular weight is 522 g/mol. The first-order chi connectivity index (χ1) is 17.8. The Labute approximate surface area is 213 Å². The summed E-state index contributed by atoms with van der Waals surface area (Å²) in [5.41, 5.74) is 8.85. The Hall–Kier alpha value is -4.64. The fourth-order valence-corrected chi connectivity index (χ4v) is 4.02. The lowest BCUT2D eigenvalue weighted by Gasteiger charge is -2.13. The zero-order valence-corrected chi connectivity index (χ0v) is 19.7. The van der Waals surface area contributed by atoms with Crippen molar-refractivity contribution in [1.82, 2.24) is 20.8 Å². The van der Waals surface area contributed by atoms with E-state index in [9.17, 15) is 18.0 Å². The number of thiocarbonyl (C=S) groups is 1. The lowest BCUT2D eigenvalue weighted by molar-refractivity contribution is -0.274. The van der Waals surface area contributed by atoms with E-state index in [1.807, 2.05) is 54.6 Å². The number of halogens is 3. The summed E-state index contributed by atoms with van der Waals surface area (Å²) >= 11 is 5.18. The second kappa shape index (κ2) is 9.78. The number of para-hydroxylation sites is 1. The van der Waals surface area contributed by atoms with Crippen LogP contribution in [0, 0.1) is 0 Å². The van der Waals surface area contributed by atoms with Gasteiger partial charge in [0.1, 0.15) is 11.4 Å². The van der Waals surface area contributed by atoms with Gasteiger partial charge in [0, 0.05) is 27.5 Å². The van der Waals surface area contributed by atoms with Crippen LogP contribution < -0.4 is 20.9 Å². The van der Waals surface area contributed by atoms with Crippen LogP contribution in [0.1, 0.15) is 10.5 Å². The predicted octanol–water partition coefficient (Wildman–Crippen LogP) is 5.91. The molecule has 0 spiro atoms. The number of alkyl halides is 3. The number of ether oxygens (including phenoxy) is 1. The van der Waals surface area contributed by atoms with Crippen molar-refractivity contribution >= 4 is 50.7 Å². The molecule has 0 bridgehead atoms. The Morgan fingerprint density at radius 1 is 0.892 bits per heavy atom. The molecule has 0 saturated carbocycles. The fraction of sp³-hybridized carbons (Fsp3) is 0.0385. The molecular weight excluding hydrogens is 503 g/mol. The van der Waals surface area contributed by atoms with Crippen molar-refractivity contribution in [3.8, 4) is 17.0 Å². The molecule has 0 saturated heterocycles. The van der Waals surface area contributed by atoms with Crippen LogP contribution in [0.3, 0.4) is 0 Å². The number of pyridine rings is 1. The normalized spacial score (nSPS) is 11.3. The number of nitrogens with one attached hydrogen (secondary N) is 4. The molecule has 5 rings (SSSR count). The number of rotatable bonds is 4. The van der Waals surface area contributed by atoms with Crippen molar-refractivity contribution in [3.63, 3.8) is 0 Å². The maximum Gasteiger partial charge on any atom is 0.573 e. The molecule has 0 atom stereocenters. The summed E-state index contributed by atoms with van der Waals surface area (Å²) in [4.78, 5) is 21.0. The SMILES string of the molecule is O=C(NNC(=S)Nc1ccc(OC(F)(F)F)cc1)c1cc2c([nH]c3ccccc32)c(-c2ccccc2)n1. The highest BCUT2D eigenvalue weighted by molar-refractivity contribution is 7.80. The van der Waals surface area contributed by atoms with Gasteiger partial charge in [-0.2, -0.15) is 0 Å². The van der Waals surface area contributed by atoms with E-state index < -0.39 is 12.3 Å². The molecule has 11 heteroatoms. The van der Waals surface area contributed by atoms with Crippen molar-refractivity contribution < 1.29 is 22.7 Å². The van der Waals surface area contributed by atoms with Crippen molar-refractivity contribution in [2.24, 2.45) is 0 Å². The molecule has 5 aromatic rings. The lowest BCUT2D eigenvalue weighted by Crippen LogP contribution is -2.44. The fourth-order valence-electron chi connectivity index (χ4n) is 3.85. The van der Waals surface area contributed by atoms with E-state index in [0.29, 0.717) is 11.4 Å². The van der Waals surface area contributed by atoms with Gasteiger partial charge in [-0.3, -0.25) is 15.6 Å². The first-order valence-electron chi connectivity index (χ1n) is 11.0. The topological polar surface area (TPSA) is 91.1 Å². The number of H-pyrrole nitrogens is 1. The summed E-state index contributed by atoms with van der Waals surface area (Å²) in [6.07, 6.45) is -4.78. The molecule has 186 valence electrons. The first kappa shape index (κ1) is 24.1. The van der Waals surface area contributed by atoms with Crippen LogP contribution >= 0.6 is 12.2 Å². The summed E-state index contributed by atoms with van der Waals surface area (Å²) < 4.78 is 40.8. The molecule has 2 heterocycles. The third-order valence-electron chi connectivity index (χ3n) is 5.41. The molecule has 3 aromatic carbocycles. The standard InChI is InChI=1S/C26H18F3N5O2S/c27-26(28,29)36-17-12-10-16(11-13-17)30-25(37)34-33-24(35)21-14-19-18-8-4-5-9-20(18)31-23(19)22(32-21)15-6-2-1-3-7-15/h1-14,31H,(H,33,35)(H2,30,34,37). The Morgan fingerprint density at radius 2 is 1.59 bits per heavy atom. The van der Waals surface area contributed by atoms with Gasteiger partial charge in [0.2, 0.25) is 0 Å². The van der Waals surface area contributed by atoms with Crippen molar-refractivity contribution in [2.45, 2.75) is 6.36 Å². The minimum absolute atomic E-state index is 0.0225. The van der Waals surface area contributed by atoms with E-state index in [2.05, 4.69) is 30.9 Å². The molecule has 2 aromatic heterocycles. The third-order valence-corrected chi connectivity index (χ3v) is 5.62. The minimum atomic E-state index is -4.78. The molecule has 7 nitrogen and oxygen atoms in total. The second-order valence-electron chi connectivity index (χ2n) is 7.92. The van der Waals surface area contributed by atoms with Crippen LogP contribution in [-0.2, 0) is 0 Å². The van der Waals surface area contributed by atoms with Crippen LogP contribution in [0.5, 0.6) is 5.75 Å². The number of carbonyl (C=O) groups is 1. The molecule has 4 N–H and O–H groups in total. The lowest BCUT2D eigenvalue weighted by atomic mass is 10.1. The van der Waals surface area contributed by atoms with Gasteiger partial charge in [-0.05, 0) is 48.6 Å². The smallest absolute Gasteiger partial charge is 0.406 e. The quantitative estimate of drug-likeness (QED) is 0.174. The molecule has 1 amide bonds. The second-order valence-corrected chi connectivity index (χ2v) is 8.33. The van der Waals surface area contributed by atoms with Gasteiger partial charge in [0.15, 0.2) is 5.11 Å². The van der Waals surface area contributed by atoms with E-state index in [1.165, 1.54) is 12.1 Å². The number of aromatic amines is 1. The minimum Gasteiger partial charge on any atom is -0.406 e. The Morgan fingerprint density at radius 3 is 2.32 bits per heavy atom. The summed E-state index contributed by atoms with van der Waals surface area (Å²) in [7, 11) is 0. The number of anilines is 1. The number of fused-ring (bicyclic) bond motifs is 3. The maximum atomic E-state index is 13.0. The Balaban J connectivity index is 1.34. The number of hydrogen-bond acceptors (Lipinski definition) is 4. The molecule has 0 aliphatic rings. The van der Waals surface area contributed by atoms with Crippen LogP contribution in [-0.4, -0.2) is 27.3 Å². The Bertz CT molecular complexity index is 1600. The monoisotopic (exact) mass is 521 g/mol. The highest BCUT2D eigenvalue weighted by atomic mass is 32.1. The van der Waals surface area contributed by atoms with Crippen LogP contribution in [0.25, 0.3) is 33.1 Å². The molecule has 0 fully saturated rings. The molecule has 0 unspecified atom stereocenters. The van der Waals surface area contributed by atoms with Crippen LogP contribution in [0.4, 0.5) is 18.9 Å². The van der Waals surface area contributed by atoms with Crippen molar-refractivity contribution in [2.75, 3.05) is 5.32 Å². The summed E-state index contributed by atoms with van der Waals surface area (Å²) in [5.74, 6) is -0.888. The largest absolute Gasteiger partial charge is 0.573 e. The van der Waals surface area contributed by atoms with Gasteiger partial charge in [-0.15, -0.1) is 13.2 Å². The molecule has 0 aliphatic heterocycles. The van der Waals surface area contributed by atoms with Crippen molar-refractivity contribution in [3.05, 3.63) is 90.6 Å². The highest BCUT2D eigenvalue weighted by Gasteiger charge is 2.31. The van der Waals surface area contributed by atoms with Crippen LogP contribution in [0.15, 0.2) is 84.9 Å². The number of hydrazine groups is 1.